The second-order valence-electron chi connectivity index (χ2n) is 3.91. The second-order valence-corrected chi connectivity index (χ2v) is 4.69. The van der Waals surface area contributed by atoms with Gasteiger partial charge in [-0.3, -0.25) is 0 Å². The molecule has 84 valence electrons. The Hall–Kier alpha value is -1.19. The molecule has 0 spiro atoms. The summed E-state index contributed by atoms with van der Waals surface area (Å²) in [4.78, 5) is 0. The Morgan fingerprint density at radius 2 is 1.88 bits per heavy atom. The van der Waals surface area contributed by atoms with Crippen molar-refractivity contribution < 1.29 is 9.50 Å². The van der Waals surface area contributed by atoms with Gasteiger partial charge in [0.2, 0.25) is 0 Å². The van der Waals surface area contributed by atoms with E-state index < -0.39 is 6.10 Å². The van der Waals surface area contributed by atoms with Gasteiger partial charge in [-0.1, -0.05) is 0 Å². The summed E-state index contributed by atoms with van der Waals surface area (Å²) in [6.07, 6.45) is -0.660. The minimum absolute atomic E-state index is 0.253. The molecule has 0 aliphatic heterocycles. The van der Waals surface area contributed by atoms with Gasteiger partial charge in [-0.05, 0) is 65.1 Å². The Morgan fingerprint density at radius 1 is 1.25 bits per heavy atom. The van der Waals surface area contributed by atoms with Gasteiger partial charge >= 0.3 is 0 Å². The van der Waals surface area contributed by atoms with Crippen LogP contribution in [0.4, 0.5) is 4.39 Å². The van der Waals surface area contributed by atoms with Crippen molar-refractivity contribution in [2.75, 3.05) is 0 Å². The Bertz CT molecular complexity index is 468. The minimum atomic E-state index is -0.660. The summed E-state index contributed by atoms with van der Waals surface area (Å²) in [6, 6.07) is 4.80. The smallest absolute Gasteiger partial charge is 0.123 e. The average molecular weight is 236 g/mol. The van der Waals surface area contributed by atoms with Crippen LogP contribution < -0.4 is 0 Å². The third-order valence-electron chi connectivity index (χ3n) is 2.69. The molecule has 0 saturated carbocycles. The fourth-order valence-corrected chi connectivity index (χ4v) is 2.63. The number of aryl methyl sites for hydroxylation is 2. The lowest BCUT2D eigenvalue weighted by molar-refractivity contribution is 0.219. The summed E-state index contributed by atoms with van der Waals surface area (Å²) in [6.45, 7) is 3.64. The van der Waals surface area contributed by atoms with Crippen LogP contribution >= 0.6 is 11.3 Å². The van der Waals surface area contributed by atoms with Crippen molar-refractivity contribution in [1.29, 1.82) is 0 Å². The fourth-order valence-electron chi connectivity index (χ4n) is 1.95. The average Bonchev–Trinajstić information content (AvgIpc) is 2.67. The van der Waals surface area contributed by atoms with Gasteiger partial charge in [0.15, 0.2) is 0 Å². The molecule has 0 aliphatic carbocycles. The van der Waals surface area contributed by atoms with Crippen molar-refractivity contribution in [3.05, 3.63) is 57.0 Å². The molecule has 1 N–H and O–H groups in total. The van der Waals surface area contributed by atoms with Gasteiger partial charge in [0, 0.05) is 0 Å². The molecule has 0 fully saturated rings. The standard InChI is InChI=1S/C13H13FOS/c1-8-5-11(14)6-9(2)12(8)13(15)10-3-4-16-7-10/h3-7,13,15H,1-2H3. The van der Waals surface area contributed by atoms with Crippen LogP contribution in [0.25, 0.3) is 0 Å². The number of benzene rings is 1. The molecule has 16 heavy (non-hydrogen) atoms. The van der Waals surface area contributed by atoms with Gasteiger partial charge < -0.3 is 5.11 Å². The maximum atomic E-state index is 13.1. The molecule has 1 heterocycles. The molecule has 0 amide bonds. The molecule has 1 aromatic heterocycles. The highest BCUT2D eigenvalue weighted by molar-refractivity contribution is 7.07. The first-order chi connectivity index (χ1) is 7.59. The third-order valence-corrected chi connectivity index (χ3v) is 3.39. The molecular formula is C13H13FOS. The number of hydrogen-bond donors (Lipinski definition) is 1. The quantitative estimate of drug-likeness (QED) is 0.845. The van der Waals surface area contributed by atoms with Gasteiger partial charge in [-0.25, -0.2) is 4.39 Å². The normalized spacial score (nSPS) is 12.8. The lowest BCUT2D eigenvalue weighted by atomic mass is 9.95. The molecule has 3 heteroatoms. The zero-order valence-electron chi connectivity index (χ0n) is 9.20. The minimum Gasteiger partial charge on any atom is -0.384 e. The molecule has 0 bridgehead atoms. The lowest BCUT2D eigenvalue weighted by Crippen LogP contribution is -2.04. The summed E-state index contributed by atoms with van der Waals surface area (Å²) in [5.74, 6) is -0.253. The zero-order chi connectivity index (χ0) is 11.7. The molecule has 2 aromatic rings. The van der Waals surface area contributed by atoms with Crippen molar-refractivity contribution in [2.24, 2.45) is 0 Å². The van der Waals surface area contributed by atoms with Crippen LogP contribution in [-0.2, 0) is 0 Å². The van der Waals surface area contributed by atoms with Crippen LogP contribution in [0.15, 0.2) is 29.0 Å². The van der Waals surface area contributed by atoms with E-state index >= 15 is 0 Å². The van der Waals surface area contributed by atoms with Crippen LogP contribution in [0.3, 0.4) is 0 Å². The highest BCUT2D eigenvalue weighted by Gasteiger charge is 2.16. The van der Waals surface area contributed by atoms with E-state index in [1.807, 2.05) is 30.7 Å². The zero-order valence-corrected chi connectivity index (χ0v) is 10.0. The van der Waals surface area contributed by atoms with E-state index in [4.69, 9.17) is 0 Å². The predicted octanol–water partition coefficient (Wildman–Crippen LogP) is 3.59. The second kappa shape index (κ2) is 4.36. The number of thiophene rings is 1. The van der Waals surface area contributed by atoms with E-state index in [-0.39, 0.29) is 5.82 Å². The van der Waals surface area contributed by atoms with E-state index in [9.17, 15) is 9.50 Å². The highest BCUT2D eigenvalue weighted by atomic mass is 32.1. The monoisotopic (exact) mass is 236 g/mol. The molecule has 2 rings (SSSR count). The van der Waals surface area contributed by atoms with E-state index in [2.05, 4.69) is 0 Å². The van der Waals surface area contributed by atoms with Crippen molar-refractivity contribution >= 4 is 11.3 Å². The van der Waals surface area contributed by atoms with Crippen LogP contribution in [0.1, 0.15) is 28.4 Å². The number of hydrogen-bond acceptors (Lipinski definition) is 2. The summed E-state index contributed by atoms with van der Waals surface area (Å²) in [5, 5.41) is 14.1. The van der Waals surface area contributed by atoms with Crippen LogP contribution in [-0.4, -0.2) is 5.11 Å². The van der Waals surface area contributed by atoms with Crippen molar-refractivity contribution in [2.45, 2.75) is 20.0 Å². The molecule has 1 unspecified atom stereocenters. The van der Waals surface area contributed by atoms with E-state index in [0.29, 0.717) is 0 Å². The largest absolute Gasteiger partial charge is 0.384 e. The van der Waals surface area contributed by atoms with E-state index in [1.165, 1.54) is 12.1 Å². The molecule has 1 nitrogen and oxygen atoms in total. The highest BCUT2D eigenvalue weighted by Crippen LogP contribution is 2.29. The van der Waals surface area contributed by atoms with Gasteiger partial charge in [0.25, 0.3) is 0 Å². The molecule has 0 radical (unpaired) electrons. The summed E-state index contributed by atoms with van der Waals surface area (Å²) in [5.41, 5.74) is 3.25. The maximum absolute atomic E-state index is 13.1. The maximum Gasteiger partial charge on any atom is 0.123 e. The summed E-state index contributed by atoms with van der Waals surface area (Å²) in [7, 11) is 0. The SMILES string of the molecule is Cc1cc(F)cc(C)c1C(O)c1ccsc1. The lowest BCUT2D eigenvalue weighted by Gasteiger charge is -2.15. The van der Waals surface area contributed by atoms with E-state index in [0.717, 1.165) is 22.3 Å². The van der Waals surface area contributed by atoms with Crippen molar-refractivity contribution in [3.8, 4) is 0 Å². The topological polar surface area (TPSA) is 20.2 Å². The molecule has 1 atom stereocenters. The molecule has 0 aliphatic rings. The number of rotatable bonds is 2. The number of aliphatic hydroxyl groups is 1. The van der Waals surface area contributed by atoms with Gasteiger partial charge in [-0.15, -0.1) is 0 Å². The first-order valence-electron chi connectivity index (χ1n) is 5.06. The van der Waals surface area contributed by atoms with Crippen LogP contribution in [0.2, 0.25) is 0 Å². The van der Waals surface area contributed by atoms with Crippen LogP contribution in [0.5, 0.6) is 0 Å². The first kappa shape index (κ1) is 11.3. The summed E-state index contributed by atoms with van der Waals surface area (Å²) < 4.78 is 13.1. The number of halogens is 1. The van der Waals surface area contributed by atoms with Crippen molar-refractivity contribution in [3.63, 3.8) is 0 Å². The van der Waals surface area contributed by atoms with Gasteiger partial charge in [0.05, 0.1) is 0 Å². The van der Waals surface area contributed by atoms with Gasteiger partial charge in [-0.2, -0.15) is 11.3 Å². The van der Waals surface area contributed by atoms with Crippen LogP contribution in [0, 0.1) is 19.7 Å². The Balaban J connectivity index is 2.48. The number of aliphatic hydroxyl groups excluding tert-OH is 1. The third kappa shape index (κ3) is 2.01. The Kier molecular flexibility index (Phi) is 3.08. The fraction of sp³-hybridized carbons (Fsp3) is 0.231. The Morgan fingerprint density at radius 3 is 2.38 bits per heavy atom. The molecular weight excluding hydrogens is 223 g/mol. The molecule has 1 aromatic carbocycles. The Labute approximate surface area is 98.2 Å². The molecule has 0 saturated heterocycles. The first-order valence-corrected chi connectivity index (χ1v) is 6.00. The summed E-state index contributed by atoms with van der Waals surface area (Å²) >= 11 is 1.54. The van der Waals surface area contributed by atoms with Crippen molar-refractivity contribution in [1.82, 2.24) is 0 Å². The van der Waals surface area contributed by atoms with E-state index in [1.54, 1.807) is 11.3 Å². The van der Waals surface area contributed by atoms with Gasteiger partial charge in [0.1, 0.15) is 11.9 Å². The predicted molar refractivity (Wildman–Crippen MR) is 64.3 cm³/mol.